The molecule has 2 rings (SSSR count). The van der Waals surface area contributed by atoms with E-state index in [1.807, 2.05) is 0 Å². The molecule has 1 aromatic heterocycles. The van der Waals surface area contributed by atoms with Crippen LogP contribution in [-0.4, -0.2) is 21.4 Å². The van der Waals surface area contributed by atoms with E-state index in [1.165, 1.54) is 23.0 Å². The third-order valence-corrected chi connectivity index (χ3v) is 2.59. The van der Waals surface area contributed by atoms with Crippen LogP contribution in [0.2, 0.25) is 0 Å². The second kappa shape index (κ2) is 5.81. The topological polar surface area (TPSA) is 59.9 Å². The van der Waals surface area contributed by atoms with Crippen LogP contribution in [0.15, 0.2) is 35.4 Å². The molecule has 0 radical (unpaired) electrons. The van der Waals surface area contributed by atoms with E-state index in [1.54, 1.807) is 0 Å². The summed E-state index contributed by atoms with van der Waals surface area (Å²) in [6, 6.07) is 4.68. The lowest BCUT2D eigenvalue weighted by atomic mass is 10.2. The third-order valence-electron chi connectivity index (χ3n) is 2.59. The lowest BCUT2D eigenvalue weighted by Crippen LogP contribution is -2.17. The first kappa shape index (κ1) is 14.2. The van der Waals surface area contributed by atoms with Gasteiger partial charge in [-0.1, -0.05) is 6.07 Å². The van der Waals surface area contributed by atoms with Gasteiger partial charge in [-0.3, -0.25) is 4.57 Å². The highest BCUT2D eigenvalue weighted by Gasteiger charge is 2.30. The first-order valence-corrected chi connectivity index (χ1v) is 5.87. The molecule has 20 heavy (non-hydrogen) atoms. The number of ether oxygens (including phenoxy) is 1. The van der Waals surface area contributed by atoms with Crippen molar-refractivity contribution in [2.45, 2.75) is 19.1 Å². The van der Waals surface area contributed by atoms with Gasteiger partial charge in [0.15, 0.2) is 0 Å². The molecule has 0 saturated heterocycles. The Bertz CT molecular complexity index is 619. The number of aryl methyl sites for hydroxylation is 1. The van der Waals surface area contributed by atoms with Crippen molar-refractivity contribution in [2.24, 2.45) is 0 Å². The minimum Gasteiger partial charge on any atom is -0.494 e. The van der Waals surface area contributed by atoms with Gasteiger partial charge in [0.25, 0.3) is 0 Å². The fraction of sp³-hybridized carbons (Fsp3) is 0.333. The van der Waals surface area contributed by atoms with E-state index in [0.29, 0.717) is 13.0 Å². The summed E-state index contributed by atoms with van der Waals surface area (Å²) in [4.78, 5) is 11.1. The van der Waals surface area contributed by atoms with Crippen molar-refractivity contribution in [2.75, 3.05) is 6.61 Å². The third kappa shape index (κ3) is 3.62. The molecule has 0 atom stereocenters. The Morgan fingerprint density at radius 2 is 2.15 bits per heavy atom. The van der Waals surface area contributed by atoms with Crippen LogP contribution in [0.1, 0.15) is 12.0 Å². The number of H-pyrrole nitrogens is 1. The Balaban J connectivity index is 1.85. The van der Waals surface area contributed by atoms with E-state index in [-0.39, 0.29) is 18.0 Å². The highest BCUT2D eigenvalue weighted by Crippen LogP contribution is 2.31. The molecule has 2 aromatic rings. The van der Waals surface area contributed by atoms with Crippen molar-refractivity contribution in [1.82, 2.24) is 14.8 Å². The van der Waals surface area contributed by atoms with E-state index in [9.17, 15) is 18.0 Å². The number of hydrogen-bond donors (Lipinski definition) is 1. The van der Waals surface area contributed by atoms with Gasteiger partial charge in [0, 0.05) is 6.54 Å². The molecule has 0 aliphatic rings. The van der Waals surface area contributed by atoms with Crippen molar-refractivity contribution >= 4 is 0 Å². The predicted molar refractivity (Wildman–Crippen MR) is 64.4 cm³/mol. The van der Waals surface area contributed by atoms with Crippen LogP contribution in [0.4, 0.5) is 13.2 Å². The first-order chi connectivity index (χ1) is 9.47. The SMILES string of the molecule is O=c1[nH]ncn1CCCOc1cccc(C(F)(F)F)c1. The molecule has 8 heteroatoms. The molecule has 1 aromatic carbocycles. The maximum absolute atomic E-state index is 12.5. The van der Waals surface area contributed by atoms with Gasteiger partial charge in [0.1, 0.15) is 12.1 Å². The zero-order valence-corrected chi connectivity index (χ0v) is 10.4. The average Bonchev–Trinajstić information content (AvgIpc) is 2.80. The summed E-state index contributed by atoms with van der Waals surface area (Å²) < 4.78 is 44.0. The van der Waals surface area contributed by atoms with Gasteiger partial charge in [-0.05, 0) is 24.6 Å². The van der Waals surface area contributed by atoms with Gasteiger partial charge in [-0.15, -0.1) is 0 Å². The lowest BCUT2D eigenvalue weighted by Gasteiger charge is -2.10. The summed E-state index contributed by atoms with van der Waals surface area (Å²) in [5.41, 5.74) is -1.08. The minimum atomic E-state index is -4.39. The van der Waals surface area contributed by atoms with Gasteiger partial charge in [0.2, 0.25) is 0 Å². The summed E-state index contributed by atoms with van der Waals surface area (Å²) in [5, 5.41) is 5.80. The summed E-state index contributed by atoms with van der Waals surface area (Å²) >= 11 is 0. The van der Waals surface area contributed by atoms with Crippen LogP contribution in [0.25, 0.3) is 0 Å². The van der Waals surface area contributed by atoms with Crippen molar-refractivity contribution in [3.8, 4) is 5.75 Å². The molecule has 0 aliphatic heterocycles. The van der Waals surface area contributed by atoms with Crippen LogP contribution in [-0.2, 0) is 12.7 Å². The van der Waals surface area contributed by atoms with E-state index in [2.05, 4.69) is 10.2 Å². The second-order valence-electron chi connectivity index (χ2n) is 4.08. The number of halogens is 3. The molecule has 1 heterocycles. The van der Waals surface area contributed by atoms with E-state index in [0.717, 1.165) is 12.1 Å². The smallest absolute Gasteiger partial charge is 0.416 e. The Labute approximate surface area is 112 Å². The highest BCUT2D eigenvalue weighted by molar-refractivity contribution is 5.30. The number of alkyl halides is 3. The van der Waals surface area contributed by atoms with Crippen LogP contribution in [0.5, 0.6) is 5.75 Å². The predicted octanol–water partition coefficient (Wildman–Crippen LogP) is 2.06. The summed E-state index contributed by atoms with van der Waals surface area (Å²) in [6.07, 6.45) is -2.55. The fourth-order valence-corrected chi connectivity index (χ4v) is 1.62. The number of rotatable bonds is 5. The molecular formula is C12H12F3N3O2. The molecule has 0 bridgehead atoms. The summed E-state index contributed by atoms with van der Waals surface area (Å²) in [7, 11) is 0. The average molecular weight is 287 g/mol. The molecule has 0 fully saturated rings. The normalized spacial score (nSPS) is 11.6. The van der Waals surface area contributed by atoms with Crippen LogP contribution in [0.3, 0.4) is 0 Å². The van der Waals surface area contributed by atoms with Gasteiger partial charge in [-0.2, -0.15) is 18.3 Å². The molecule has 0 spiro atoms. The Hall–Kier alpha value is -2.25. The van der Waals surface area contributed by atoms with Crippen molar-refractivity contribution in [3.05, 3.63) is 46.6 Å². The molecule has 108 valence electrons. The highest BCUT2D eigenvalue weighted by atomic mass is 19.4. The molecule has 1 N–H and O–H groups in total. The molecule has 5 nitrogen and oxygen atoms in total. The van der Waals surface area contributed by atoms with Crippen LogP contribution >= 0.6 is 0 Å². The monoisotopic (exact) mass is 287 g/mol. The molecule has 0 amide bonds. The van der Waals surface area contributed by atoms with E-state index >= 15 is 0 Å². The van der Waals surface area contributed by atoms with E-state index in [4.69, 9.17) is 4.74 Å². The standard InChI is InChI=1S/C12H12F3N3O2/c13-12(14,15)9-3-1-4-10(7-9)20-6-2-5-18-8-16-17-11(18)19/h1,3-4,7-8H,2,5-6H2,(H,17,19). The quantitative estimate of drug-likeness (QED) is 0.856. The lowest BCUT2D eigenvalue weighted by molar-refractivity contribution is -0.137. The van der Waals surface area contributed by atoms with Crippen molar-refractivity contribution in [1.29, 1.82) is 0 Å². The minimum absolute atomic E-state index is 0.152. The van der Waals surface area contributed by atoms with Gasteiger partial charge >= 0.3 is 11.9 Å². The van der Waals surface area contributed by atoms with Gasteiger partial charge in [-0.25, -0.2) is 9.89 Å². The van der Waals surface area contributed by atoms with Gasteiger partial charge in [0.05, 0.1) is 12.2 Å². The number of nitrogens with zero attached hydrogens (tertiary/aromatic N) is 2. The van der Waals surface area contributed by atoms with Crippen LogP contribution < -0.4 is 10.4 Å². The zero-order valence-electron chi connectivity index (χ0n) is 10.4. The number of hydrogen-bond acceptors (Lipinski definition) is 3. The van der Waals surface area contributed by atoms with Crippen molar-refractivity contribution in [3.63, 3.8) is 0 Å². The Kier molecular flexibility index (Phi) is 4.11. The maximum atomic E-state index is 12.5. The Morgan fingerprint density at radius 3 is 2.80 bits per heavy atom. The molecular weight excluding hydrogens is 275 g/mol. The molecule has 0 aliphatic carbocycles. The fourth-order valence-electron chi connectivity index (χ4n) is 1.62. The number of aromatic amines is 1. The molecule has 0 saturated carbocycles. The maximum Gasteiger partial charge on any atom is 0.416 e. The second-order valence-corrected chi connectivity index (χ2v) is 4.08. The molecule has 0 unspecified atom stereocenters. The summed E-state index contributed by atoms with van der Waals surface area (Å²) in [5.74, 6) is 0.152. The van der Waals surface area contributed by atoms with Gasteiger partial charge < -0.3 is 4.74 Å². The van der Waals surface area contributed by atoms with E-state index < -0.39 is 11.7 Å². The van der Waals surface area contributed by atoms with Crippen LogP contribution in [0, 0.1) is 0 Å². The number of nitrogens with one attached hydrogen (secondary N) is 1. The Morgan fingerprint density at radius 1 is 1.35 bits per heavy atom. The number of benzene rings is 1. The largest absolute Gasteiger partial charge is 0.494 e. The number of aromatic nitrogens is 3. The summed E-state index contributed by atoms with van der Waals surface area (Å²) in [6.45, 7) is 0.591. The first-order valence-electron chi connectivity index (χ1n) is 5.87. The van der Waals surface area contributed by atoms with Crippen molar-refractivity contribution < 1.29 is 17.9 Å². The zero-order chi connectivity index (χ0) is 14.6.